The van der Waals surface area contributed by atoms with Crippen molar-refractivity contribution in [2.75, 3.05) is 24.6 Å². The zero-order chi connectivity index (χ0) is 10.8. The first kappa shape index (κ1) is 11.2. The second-order valence-electron chi connectivity index (χ2n) is 5.76. The highest BCUT2D eigenvalue weighted by molar-refractivity contribution is 7.99. The smallest absolute Gasteiger partial charge is 0.00582 e. The first-order valence-electron chi connectivity index (χ1n) is 6.88. The molecule has 0 saturated heterocycles. The van der Waals surface area contributed by atoms with Gasteiger partial charge in [-0.2, -0.15) is 11.8 Å². The average molecular weight is 237 g/mol. The Bertz CT molecular complexity index is 259. The predicted octanol–water partition coefficient (Wildman–Crippen LogP) is 2.93. The molecule has 1 N–H and O–H groups in total. The summed E-state index contributed by atoms with van der Waals surface area (Å²) in [4.78, 5) is 0. The molecule has 0 aromatic rings. The third kappa shape index (κ3) is 2.84. The summed E-state index contributed by atoms with van der Waals surface area (Å²) in [5.74, 6) is 6.60. The van der Waals surface area contributed by atoms with Gasteiger partial charge in [0.15, 0.2) is 0 Å². The minimum atomic E-state index is 0.914. The lowest BCUT2D eigenvalue weighted by Gasteiger charge is -2.18. The third-order valence-corrected chi connectivity index (χ3v) is 5.50. The van der Waals surface area contributed by atoms with Gasteiger partial charge in [-0.25, -0.2) is 0 Å². The molecule has 16 heavy (non-hydrogen) atoms. The first-order valence-corrected chi connectivity index (χ1v) is 8.04. The van der Waals surface area contributed by atoms with Gasteiger partial charge in [0.25, 0.3) is 0 Å². The largest absolute Gasteiger partial charge is 0.316 e. The van der Waals surface area contributed by atoms with Crippen molar-refractivity contribution in [3.63, 3.8) is 0 Å². The Labute approximate surface area is 103 Å². The van der Waals surface area contributed by atoms with E-state index in [1.54, 1.807) is 0 Å². The van der Waals surface area contributed by atoms with Crippen molar-refractivity contribution in [3.8, 4) is 0 Å². The molecule has 3 unspecified atom stereocenters. The summed E-state index contributed by atoms with van der Waals surface area (Å²) in [5.41, 5.74) is 0. The van der Waals surface area contributed by atoms with E-state index in [1.807, 2.05) is 0 Å². The summed E-state index contributed by atoms with van der Waals surface area (Å²) in [6.45, 7) is 2.48. The molecular weight excluding hydrogens is 214 g/mol. The molecule has 1 nitrogen and oxygen atoms in total. The van der Waals surface area contributed by atoms with Crippen molar-refractivity contribution in [3.05, 3.63) is 12.2 Å². The number of hydrogen-bond donors (Lipinski definition) is 1. The average Bonchev–Trinajstić information content (AvgIpc) is 2.88. The van der Waals surface area contributed by atoms with Gasteiger partial charge < -0.3 is 5.32 Å². The number of allylic oxidation sites excluding steroid dienone is 2. The van der Waals surface area contributed by atoms with E-state index < -0.39 is 0 Å². The van der Waals surface area contributed by atoms with Gasteiger partial charge in [-0.1, -0.05) is 12.2 Å². The van der Waals surface area contributed by atoms with Crippen LogP contribution in [0.15, 0.2) is 12.2 Å². The highest BCUT2D eigenvalue weighted by Gasteiger charge is 2.34. The van der Waals surface area contributed by atoms with Crippen LogP contribution in [0.5, 0.6) is 0 Å². The van der Waals surface area contributed by atoms with Gasteiger partial charge in [0.1, 0.15) is 0 Å². The van der Waals surface area contributed by atoms with E-state index in [1.165, 1.54) is 50.3 Å². The van der Waals surface area contributed by atoms with Gasteiger partial charge in [-0.05, 0) is 61.7 Å². The fourth-order valence-corrected chi connectivity index (χ4v) is 4.22. The van der Waals surface area contributed by atoms with E-state index in [9.17, 15) is 0 Å². The number of thioether (sulfide) groups is 1. The highest BCUT2D eigenvalue weighted by atomic mass is 32.2. The molecule has 3 aliphatic carbocycles. The first-order chi connectivity index (χ1) is 7.92. The van der Waals surface area contributed by atoms with Crippen LogP contribution < -0.4 is 5.32 Å². The number of hydrogen-bond acceptors (Lipinski definition) is 2. The summed E-state index contributed by atoms with van der Waals surface area (Å²) in [7, 11) is 0. The van der Waals surface area contributed by atoms with Crippen molar-refractivity contribution >= 4 is 11.8 Å². The maximum absolute atomic E-state index is 3.65. The molecule has 0 aromatic heterocycles. The lowest BCUT2D eigenvalue weighted by molar-refractivity contribution is 0.420. The van der Waals surface area contributed by atoms with Gasteiger partial charge in [0.05, 0.1) is 0 Å². The summed E-state index contributed by atoms with van der Waals surface area (Å²) < 4.78 is 0. The molecule has 3 rings (SSSR count). The Morgan fingerprint density at radius 3 is 2.81 bits per heavy atom. The number of rotatable bonds is 7. The molecule has 3 atom stereocenters. The molecule has 3 aliphatic rings. The fraction of sp³-hybridized carbons (Fsp3) is 0.857. The van der Waals surface area contributed by atoms with Crippen molar-refractivity contribution in [1.29, 1.82) is 0 Å². The molecule has 2 fully saturated rings. The summed E-state index contributed by atoms with van der Waals surface area (Å²) in [6, 6.07) is 0. The SMILES string of the molecule is C1=CC2CC1CC2CNCCSCC1CC1. The molecule has 0 radical (unpaired) electrons. The number of nitrogens with one attached hydrogen (secondary N) is 1. The van der Waals surface area contributed by atoms with Crippen molar-refractivity contribution in [1.82, 2.24) is 5.32 Å². The Kier molecular flexibility index (Phi) is 3.58. The quantitative estimate of drug-likeness (QED) is 0.540. The zero-order valence-corrected chi connectivity index (χ0v) is 10.8. The summed E-state index contributed by atoms with van der Waals surface area (Å²) in [5, 5.41) is 3.65. The van der Waals surface area contributed by atoms with E-state index in [0.29, 0.717) is 0 Å². The lowest BCUT2D eigenvalue weighted by Crippen LogP contribution is -2.27. The van der Waals surface area contributed by atoms with Crippen LogP contribution in [0.4, 0.5) is 0 Å². The molecule has 2 saturated carbocycles. The van der Waals surface area contributed by atoms with E-state index in [2.05, 4.69) is 29.2 Å². The van der Waals surface area contributed by atoms with Crippen LogP contribution in [-0.2, 0) is 0 Å². The molecule has 0 aliphatic heterocycles. The van der Waals surface area contributed by atoms with Gasteiger partial charge >= 0.3 is 0 Å². The van der Waals surface area contributed by atoms with Crippen LogP contribution in [0.2, 0.25) is 0 Å². The molecule has 2 heteroatoms. The molecule has 0 amide bonds. The van der Waals surface area contributed by atoms with Crippen molar-refractivity contribution < 1.29 is 0 Å². The van der Waals surface area contributed by atoms with E-state index >= 15 is 0 Å². The maximum Gasteiger partial charge on any atom is 0.00582 e. The van der Waals surface area contributed by atoms with E-state index in [0.717, 1.165) is 23.7 Å². The normalized spacial score (nSPS) is 36.1. The zero-order valence-electron chi connectivity index (χ0n) is 10.0. The van der Waals surface area contributed by atoms with Crippen LogP contribution in [0.3, 0.4) is 0 Å². The van der Waals surface area contributed by atoms with Crippen molar-refractivity contribution in [2.45, 2.75) is 25.7 Å². The van der Waals surface area contributed by atoms with E-state index in [-0.39, 0.29) is 0 Å². The fourth-order valence-electron chi connectivity index (χ4n) is 3.10. The predicted molar refractivity (Wildman–Crippen MR) is 71.8 cm³/mol. The summed E-state index contributed by atoms with van der Waals surface area (Å²) >= 11 is 2.15. The Balaban J connectivity index is 1.22. The molecule has 0 aromatic carbocycles. The van der Waals surface area contributed by atoms with Crippen LogP contribution in [0, 0.1) is 23.7 Å². The Morgan fingerprint density at radius 2 is 2.12 bits per heavy atom. The summed E-state index contributed by atoms with van der Waals surface area (Å²) in [6.07, 6.45) is 10.8. The standard InChI is InChI=1S/C14H23NS/c1-2-11(1)10-16-6-5-15-9-14-8-12-3-4-13(14)7-12/h3-4,11-15H,1-2,5-10H2. The highest BCUT2D eigenvalue weighted by Crippen LogP contribution is 2.42. The van der Waals surface area contributed by atoms with Gasteiger partial charge in [-0.15, -0.1) is 0 Å². The van der Waals surface area contributed by atoms with Gasteiger partial charge in [-0.3, -0.25) is 0 Å². The topological polar surface area (TPSA) is 12.0 Å². The maximum atomic E-state index is 3.65. The van der Waals surface area contributed by atoms with Crippen LogP contribution >= 0.6 is 11.8 Å². The second-order valence-corrected chi connectivity index (χ2v) is 6.91. The van der Waals surface area contributed by atoms with Gasteiger partial charge in [0.2, 0.25) is 0 Å². The van der Waals surface area contributed by atoms with Crippen LogP contribution in [0.25, 0.3) is 0 Å². The van der Waals surface area contributed by atoms with Crippen molar-refractivity contribution in [2.24, 2.45) is 23.7 Å². The Morgan fingerprint density at radius 1 is 1.19 bits per heavy atom. The molecular formula is C14H23NS. The van der Waals surface area contributed by atoms with Crippen LogP contribution in [0.1, 0.15) is 25.7 Å². The third-order valence-electron chi connectivity index (χ3n) is 4.30. The second kappa shape index (κ2) is 5.14. The van der Waals surface area contributed by atoms with Crippen LogP contribution in [-0.4, -0.2) is 24.6 Å². The lowest BCUT2D eigenvalue weighted by atomic mass is 9.94. The molecule has 2 bridgehead atoms. The number of fused-ring (bicyclic) bond motifs is 2. The molecule has 90 valence electrons. The molecule has 0 heterocycles. The molecule has 0 spiro atoms. The minimum Gasteiger partial charge on any atom is -0.316 e. The Hall–Kier alpha value is 0.0500. The minimum absolute atomic E-state index is 0.914. The van der Waals surface area contributed by atoms with E-state index in [4.69, 9.17) is 0 Å². The monoisotopic (exact) mass is 237 g/mol. The van der Waals surface area contributed by atoms with Gasteiger partial charge in [0, 0.05) is 12.3 Å².